The van der Waals surface area contributed by atoms with Crippen LogP contribution in [0.25, 0.3) is 10.9 Å². The Kier molecular flexibility index (Phi) is 6.77. The van der Waals surface area contributed by atoms with Gasteiger partial charge in [-0.15, -0.1) is 0 Å². The van der Waals surface area contributed by atoms with E-state index >= 15 is 0 Å². The number of carbonyl (C=O) groups excluding carboxylic acids is 2. The van der Waals surface area contributed by atoms with E-state index in [4.69, 9.17) is 0 Å². The summed E-state index contributed by atoms with van der Waals surface area (Å²) < 4.78 is 42.9. The maximum absolute atomic E-state index is 13.9. The number of nitrogens with zero attached hydrogens (tertiary/aromatic N) is 4. The van der Waals surface area contributed by atoms with E-state index in [1.165, 1.54) is 29.3 Å². The summed E-state index contributed by atoms with van der Waals surface area (Å²) in [7, 11) is -3.93. The molecule has 5 rings (SSSR count). The summed E-state index contributed by atoms with van der Waals surface area (Å²) in [4.78, 5) is 36.9. The zero-order valence-electron chi connectivity index (χ0n) is 20.5. The van der Waals surface area contributed by atoms with E-state index in [1.807, 2.05) is 0 Å². The Balaban J connectivity index is 1.27. The second-order valence-corrected chi connectivity index (χ2v) is 10.5. The molecule has 2 aromatic carbocycles. The normalized spacial score (nSPS) is 13.9. The first-order valence-electron chi connectivity index (χ1n) is 11.9. The molecule has 1 fully saturated rings. The van der Waals surface area contributed by atoms with Crippen molar-refractivity contribution < 1.29 is 22.4 Å². The summed E-state index contributed by atoms with van der Waals surface area (Å²) in [6.07, 6.45) is 2.90. The second-order valence-electron chi connectivity index (χ2n) is 8.88. The maximum Gasteiger partial charge on any atom is 0.275 e. The van der Waals surface area contributed by atoms with Gasteiger partial charge in [0.2, 0.25) is 0 Å². The minimum atomic E-state index is -3.93. The Morgan fingerprint density at radius 1 is 0.868 bits per heavy atom. The van der Waals surface area contributed by atoms with Crippen molar-refractivity contribution in [3.63, 3.8) is 0 Å². The standard InChI is InChI=1S/C27H24FN5O4S/c1-18-17-20(26(34)32-13-15-33(16-14-32)27(35)25-21(28)7-4-12-30-25)9-10-22(18)31-38(36,37)23-8-2-5-19-6-3-11-29-24(19)23/h2-12,17,31H,13-16H2,1H3. The Labute approximate surface area is 219 Å². The highest BCUT2D eigenvalue weighted by atomic mass is 32.2. The van der Waals surface area contributed by atoms with E-state index in [1.54, 1.807) is 60.5 Å². The number of benzene rings is 2. The van der Waals surface area contributed by atoms with Crippen molar-refractivity contribution in [1.82, 2.24) is 19.8 Å². The van der Waals surface area contributed by atoms with Crippen LogP contribution in [0.15, 0.2) is 78.0 Å². The summed E-state index contributed by atoms with van der Waals surface area (Å²) in [5, 5.41) is 0.708. The lowest BCUT2D eigenvalue weighted by Gasteiger charge is -2.34. The number of pyridine rings is 2. The van der Waals surface area contributed by atoms with Gasteiger partial charge in [0.05, 0.1) is 11.2 Å². The molecule has 1 aliphatic rings. The molecule has 1 aliphatic heterocycles. The van der Waals surface area contributed by atoms with Gasteiger partial charge in [0.15, 0.2) is 11.5 Å². The van der Waals surface area contributed by atoms with Crippen LogP contribution in [0.2, 0.25) is 0 Å². The third-order valence-electron chi connectivity index (χ3n) is 6.42. The number of hydrogen-bond acceptors (Lipinski definition) is 6. The molecular formula is C27H24FN5O4S. The highest BCUT2D eigenvalue weighted by Crippen LogP contribution is 2.26. The SMILES string of the molecule is Cc1cc(C(=O)N2CCN(C(=O)c3ncccc3F)CC2)ccc1NS(=O)(=O)c1cccc2cccnc12. The van der Waals surface area contributed by atoms with Gasteiger partial charge in [-0.1, -0.05) is 18.2 Å². The number of sulfonamides is 1. The molecule has 0 aliphatic carbocycles. The van der Waals surface area contributed by atoms with E-state index in [0.717, 1.165) is 0 Å². The minimum absolute atomic E-state index is 0.0631. The lowest BCUT2D eigenvalue weighted by molar-refractivity contribution is 0.0529. The second kappa shape index (κ2) is 10.2. The van der Waals surface area contributed by atoms with Crippen LogP contribution in [-0.4, -0.2) is 66.2 Å². The number of piperazine rings is 1. The number of halogens is 1. The predicted molar refractivity (Wildman–Crippen MR) is 140 cm³/mol. The summed E-state index contributed by atoms with van der Waals surface area (Å²) in [5.74, 6) is -1.43. The third kappa shape index (κ3) is 4.92. The molecule has 1 saturated heterocycles. The topological polar surface area (TPSA) is 113 Å². The number of fused-ring (bicyclic) bond motifs is 1. The fourth-order valence-corrected chi connectivity index (χ4v) is 5.70. The van der Waals surface area contributed by atoms with Crippen LogP contribution in [0.1, 0.15) is 26.4 Å². The van der Waals surface area contributed by atoms with Gasteiger partial charge in [-0.25, -0.2) is 17.8 Å². The van der Waals surface area contributed by atoms with E-state index in [2.05, 4.69) is 14.7 Å². The van der Waals surface area contributed by atoms with Gasteiger partial charge in [0.25, 0.3) is 21.8 Å². The molecule has 0 atom stereocenters. The highest BCUT2D eigenvalue weighted by molar-refractivity contribution is 7.93. The maximum atomic E-state index is 13.9. The van der Waals surface area contributed by atoms with E-state index in [-0.39, 0.29) is 42.7 Å². The minimum Gasteiger partial charge on any atom is -0.335 e. The molecule has 11 heteroatoms. The predicted octanol–water partition coefficient (Wildman–Crippen LogP) is 3.48. The number of aryl methyl sites for hydroxylation is 1. The number of rotatable bonds is 5. The molecule has 0 unspecified atom stereocenters. The number of para-hydroxylation sites is 1. The van der Waals surface area contributed by atoms with E-state index in [9.17, 15) is 22.4 Å². The number of nitrogens with one attached hydrogen (secondary N) is 1. The number of carbonyl (C=O) groups is 2. The molecule has 0 radical (unpaired) electrons. The first kappa shape index (κ1) is 25.3. The fraction of sp³-hybridized carbons (Fsp3) is 0.185. The average Bonchev–Trinajstić information content (AvgIpc) is 2.93. The quantitative estimate of drug-likeness (QED) is 0.420. The number of amides is 2. The molecule has 2 amide bonds. The van der Waals surface area contributed by atoms with Crippen LogP contribution >= 0.6 is 0 Å². The largest absolute Gasteiger partial charge is 0.335 e. The molecule has 3 heterocycles. The zero-order valence-corrected chi connectivity index (χ0v) is 21.3. The molecule has 0 spiro atoms. The van der Waals surface area contributed by atoms with Crippen molar-refractivity contribution in [2.75, 3.05) is 30.9 Å². The van der Waals surface area contributed by atoms with Gasteiger partial charge in [0.1, 0.15) is 4.90 Å². The molecule has 38 heavy (non-hydrogen) atoms. The first-order chi connectivity index (χ1) is 18.2. The highest BCUT2D eigenvalue weighted by Gasteiger charge is 2.28. The van der Waals surface area contributed by atoms with Crippen LogP contribution < -0.4 is 4.72 Å². The lowest BCUT2D eigenvalue weighted by atomic mass is 10.1. The molecule has 9 nitrogen and oxygen atoms in total. The Bertz CT molecular complexity index is 1650. The van der Waals surface area contributed by atoms with E-state index < -0.39 is 21.7 Å². The first-order valence-corrected chi connectivity index (χ1v) is 13.4. The van der Waals surface area contributed by atoms with Crippen molar-refractivity contribution in [3.05, 3.63) is 95.7 Å². The Hall–Kier alpha value is -4.38. The monoisotopic (exact) mass is 533 g/mol. The molecule has 4 aromatic rings. The van der Waals surface area contributed by atoms with Crippen LogP contribution in [0, 0.1) is 12.7 Å². The molecule has 0 saturated carbocycles. The van der Waals surface area contributed by atoms with Gasteiger partial charge < -0.3 is 9.80 Å². The van der Waals surface area contributed by atoms with Gasteiger partial charge in [-0.3, -0.25) is 19.3 Å². The Morgan fingerprint density at radius 3 is 2.24 bits per heavy atom. The smallest absolute Gasteiger partial charge is 0.275 e. The van der Waals surface area contributed by atoms with Gasteiger partial charge in [-0.05, 0) is 55.0 Å². The fourth-order valence-electron chi connectivity index (χ4n) is 4.39. The molecule has 0 bridgehead atoms. The molecular weight excluding hydrogens is 509 g/mol. The Morgan fingerprint density at radius 2 is 1.53 bits per heavy atom. The summed E-state index contributed by atoms with van der Waals surface area (Å²) in [6.45, 7) is 2.77. The van der Waals surface area contributed by atoms with E-state index in [0.29, 0.717) is 27.7 Å². The average molecular weight is 534 g/mol. The summed E-state index contributed by atoms with van der Waals surface area (Å²) in [5.41, 5.74) is 1.46. The van der Waals surface area contributed by atoms with Crippen molar-refractivity contribution in [3.8, 4) is 0 Å². The number of hydrogen-bond donors (Lipinski definition) is 1. The van der Waals surface area contributed by atoms with Crippen molar-refractivity contribution in [2.45, 2.75) is 11.8 Å². The summed E-state index contributed by atoms with van der Waals surface area (Å²) in [6, 6.07) is 15.8. The van der Waals surface area contributed by atoms with Crippen molar-refractivity contribution in [1.29, 1.82) is 0 Å². The number of anilines is 1. The zero-order chi connectivity index (χ0) is 26.9. The van der Waals surface area contributed by atoms with Crippen molar-refractivity contribution in [2.24, 2.45) is 0 Å². The van der Waals surface area contributed by atoms with Crippen LogP contribution in [0.3, 0.4) is 0 Å². The number of aromatic nitrogens is 2. The van der Waals surface area contributed by atoms with Crippen LogP contribution in [0.4, 0.5) is 10.1 Å². The van der Waals surface area contributed by atoms with Gasteiger partial charge >= 0.3 is 0 Å². The van der Waals surface area contributed by atoms with Gasteiger partial charge in [-0.2, -0.15) is 0 Å². The molecule has 1 N–H and O–H groups in total. The molecule has 2 aromatic heterocycles. The van der Waals surface area contributed by atoms with Crippen LogP contribution in [-0.2, 0) is 10.0 Å². The molecule has 194 valence electrons. The van der Waals surface area contributed by atoms with Crippen LogP contribution in [0.5, 0.6) is 0 Å². The van der Waals surface area contributed by atoms with Crippen molar-refractivity contribution >= 4 is 38.4 Å². The lowest BCUT2D eigenvalue weighted by Crippen LogP contribution is -2.50. The third-order valence-corrected chi connectivity index (χ3v) is 7.82. The van der Waals surface area contributed by atoms with Gasteiger partial charge in [0, 0.05) is 49.5 Å². The summed E-state index contributed by atoms with van der Waals surface area (Å²) >= 11 is 0.